The largest absolute Gasteiger partial charge is 0.466 e. The molecule has 1 N–H and O–H groups in total. The number of carbonyl (C=O) groups is 1. The first-order valence-corrected chi connectivity index (χ1v) is 6.06. The molecule has 2 rings (SSSR count). The lowest BCUT2D eigenvalue weighted by Crippen LogP contribution is -2.25. The van der Waals surface area contributed by atoms with Gasteiger partial charge < -0.3 is 9.73 Å². The van der Waals surface area contributed by atoms with Gasteiger partial charge in [-0.3, -0.25) is 4.79 Å². The first kappa shape index (κ1) is 12.4. The van der Waals surface area contributed by atoms with E-state index in [1.165, 1.54) is 5.56 Å². The summed E-state index contributed by atoms with van der Waals surface area (Å²) in [7, 11) is 0. The molecule has 0 saturated carbocycles. The Morgan fingerprint density at radius 2 is 1.94 bits per heavy atom. The molecule has 0 aliphatic heterocycles. The average Bonchev–Trinajstić information content (AvgIpc) is 2.70. The molecule has 0 aliphatic rings. The van der Waals surface area contributed by atoms with E-state index in [1.54, 1.807) is 13.0 Å². The zero-order valence-corrected chi connectivity index (χ0v) is 10.7. The highest BCUT2D eigenvalue weighted by molar-refractivity contribution is 5.95. The van der Waals surface area contributed by atoms with E-state index in [9.17, 15) is 4.79 Å². The van der Waals surface area contributed by atoms with E-state index in [1.807, 2.05) is 25.1 Å². The molecule has 0 bridgehead atoms. The number of rotatable bonds is 4. The molecule has 0 atom stereocenters. The standard InChI is InChI=1S/C15H17NO2/c1-11-10-14(12(2)18-11)15(17)16-9-8-13-6-4-3-5-7-13/h3-7,10H,8-9H2,1-2H3,(H,16,17). The third-order valence-electron chi connectivity index (χ3n) is 2.83. The van der Waals surface area contributed by atoms with Crippen LogP contribution in [0.2, 0.25) is 0 Å². The van der Waals surface area contributed by atoms with Crippen LogP contribution in [0.25, 0.3) is 0 Å². The second kappa shape index (κ2) is 5.54. The van der Waals surface area contributed by atoms with Crippen LogP contribution in [0.5, 0.6) is 0 Å². The summed E-state index contributed by atoms with van der Waals surface area (Å²) in [6, 6.07) is 11.9. The molecule has 2 aromatic rings. The van der Waals surface area contributed by atoms with E-state index in [0.717, 1.165) is 12.2 Å². The fraction of sp³-hybridized carbons (Fsp3) is 0.267. The predicted octanol–water partition coefficient (Wildman–Crippen LogP) is 2.87. The van der Waals surface area contributed by atoms with Crippen molar-refractivity contribution in [3.8, 4) is 0 Å². The highest BCUT2D eigenvalue weighted by Crippen LogP contribution is 2.13. The summed E-state index contributed by atoms with van der Waals surface area (Å²) >= 11 is 0. The molecule has 3 heteroatoms. The highest BCUT2D eigenvalue weighted by Gasteiger charge is 2.12. The number of carbonyl (C=O) groups excluding carboxylic acids is 1. The summed E-state index contributed by atoms with van der Waals surface area (Å²) in [6.45, 7) is 4.28. The van der Waals surface area contributed by atoms with Crippen LogP contribution in [0.4, 0.5) is 0 Å². The van der Waals surface area contributed by atoms with Gasteiger partial charge in [-0.1, -0.05) is 30.3 Å². The van der Waals surface area contributed by atoms with Crippen molar-refractivity contribution in [2.75, 3.05) is 6.54 Å². The van der Waals surface area contributed by atoms with Gasteiger partial charge in [0.05, 0.1) is 5.56 Å². The predicted molar refractivity (Wildman–Crippen MR) is 70.7 cm³/mol. The number of benzene rings is 1. The quantitative estimate of drug-likeness (QED) is 0.897. The molecule has 1 amide bonds. The molecule has 94 valence electrons. The van der Waals surface area contributed by atoms with Crippen LogP contribution < -0.4 is 5.32 Å². The summed E-state index contributed by atoms with van der Waals surface area (Å²) in [5, 5.41) is 2.90. The van der Waals surface area contributed by atoms with Crippen LogP contribution in [-0.2, 0) is 6.42 Å². The smallest absolute Gasteiger partial charge is 0.254 e. The van der Waals surface area contributed by atoms with E-state index in [4.69, 9.17) is 4.42 Å². The topological polar surface area (TPSA) is 42.2 Å². The third-order valence-corrected chi connectivity index (χ3v) is 2.83. The molecule has 1 heterocycles. The van der Waals surface area contributed by atoms with Crippen molar-refractivity contribution in [3.63, 3.8) is 0 Å². The van der Waals surface area contributed by atoms with E-state index >= 15 is 0 Å². The van der Waals surface area contributed by atoms with Gasteiger partial charge in [-0.15, -0.1) is 0 Å². The maximum Gasteiger partial charge on any atom is 0.254 e. The minimum atomic E-state index is -0.0692. The highest BCUT2D eigenvalue weighted by atomic mass is 16.3. The Bertz CT molecular complexity index is 529. The van der Waals surface area contributed by atoms with Gasteiger partial charge in [0.25, 0.3) is 5.91 Å². The second-order valence-electron chi connectivity index (χ2n) is 4.32. The summed E-state index contributed by atoms with van der Waals surface area (Å²) in [5.74, 6) is 1.37. The normalized spacial score (nSPS) is 10.3. The molecule has 0 fully saturated rings. The molecule has 0 radical (unpaired) electrons. The van der Waals surface area contributed by atoms with Gasteiger partial charge in [0.2, 0.25) is 0 Å². The van der Waals surface area contributed by atoms with Crippen LogP contribution in [-0.4, -0.2) is 12.5 Å². The first-order valence-electron chi connectivity index (χ1n) is 6.06. The monoisotopic (exact) mass is 243 g/mol. The van der Waals surface area contributed by atoms with Gasteiger partial charge in [0, 0.05) is 6.54 Å². The van der Waals surface area contributed by atoms with Gasteiger partial charge >= 0.3 is 0 Å². The summed E-state index contributed by atoms with van der Waals surface area (Å²) in [6.07, 6.45) is 0.836. The van der Waals surface area contributed by atoms with Crippen LogP contribution in [0.3, 0.4) is 0 Å². The Kier molecular flexibility index (Phi) is 3.82. The lowest BCUT2D eigenvalue weighted by Gasteiger charge is -2.04. The fourth-order valence-corrected chi connectivity index (χ4v) is 1.92. The van der Waals surface area contributed by atoms with Crippen LogP contribution in [0, 0.1) is 13.8 Å². The number of furan rings is 1. The van der Waals surface area contributed by atoms with Crippen molar-refractivity contribution < 1.29 is 9.21 Å². The Labute approximate surface area is 107 Å². The van der Waals surface area contributed by atoms with Crippen molar-refractivity contribution in [1.29, 1.82) is 0 Å². The Balaban J connectivity index is 1.87. The summed E-state index contributed by atoms with van der Waals surface area (Å²) in [4.78, 5) is 11.9. The van der Waals surface area contributed by atoms with Gasteiger partial charge in [-0.2, -0.15) is 0 Å². The zero-order valence-electron chi connectivity index (χ0n) is 10.7. The van der Waals surface area contributed by atoms with Crippen molar-refractivity contribution in [2.24, 2.45) is 0 Å². The summed E-state index contributed by atoms with van der Waals surface area (Å²) < 4.78 is 5.34. The first-order chi connectivity index (χ1) is 8.66. The number of amides is 1. The lowest BCUT2D eigenvalue weighted by molar-refractivity contribution is 0.0952. The molecule has 18 heavy (non-hydrogen) atoms. The number of hydrogen-bond acceptors (Lipinski definition) is 2. The molecular formula is C15H17NO2. The molecule has 0 unspecified atom stereocenters. The maximum absolute atomic E-state index is 11.9. The fourth-order valence-electron chi connectivity index (χ4n) is 1.92. The molecule has 3 nitrogen and oxygen atoms in total. The van der Waals surface area contributed by atoms with Gasteiger partial charge in [0.1, 0.15) is 11.5 Å². The number of nitrogens with one attached hydrogen (secondary N) is 1. The molecular weight excluding hydrogens is 226 g/mol. The van der Waals surface area contributed by atoms with Crippen LogP contribution >= 0.6 is 0 Å². The van der Waals surface area contributed by atoms with Crippen LogP contribution in [0.1, 0.15) is 27.4 Å². The minimum absolute atomic E-state index is 0.0692. The van der Waals surface area contributed by atoms with Crippen molar-refractivity contribution in [1.82, 2.24) is 5.32 Å². The number of hydrogen-bond donors (Lipinski definition) is 1. The maximum atomic E-state index is 11.9. The van der Waals surface area contributed by atoms with Crippen molar-refractivity contribution in [2.45, 2.75) is 20.3 Å². The molecule has 0 aliphatic carbocycles. The zero-order chi connectivity index (χ0) is 13.0. The number of aryl methyl sites for hydroxylation is 2. The molecule has 0 saturated heterocycles. The second-order valence-corrected chi connectivity index (χ2v) is 4.32. The van der Waals surface area contributed by atoms with Gasteiger partial charge in [0.15, 0.2) is 0 Å². The Morgan fingerprint density at radius 1 is 1.22 bits per heavy atom. The van der Waals surface area contributed by atoms with Gasteiger partial charge in [-0.05, 0) is 31.9 Å². The van der Waals surface area contributed by atoms with Crippen molar-refractivity contribution >= 4 is 5.91 Å². The van der Waals surface area contributed by atoms with Crippen LogP contribution in [0.15, 0.2) is 40.8 Å². The molecule has 1 aromatic carbocycles. The van der Waals surface area contributed by atoms with E-state index in [2.05, 4.69) is 17.4 Å². The lowest BCUT2D eigenvalue weighted by atomic mass is 10.1. The van der Waals surface area contributed by atoms with E-state index in [0.29, 0.717) is 17.9 Å². The molecule has 1 aromatic heterocycles. The minimum Gasteiger partial charge on any atom is -0.466 e. The van der Waals surface area contributed by atoms with Crippen molar-refractivity contribution in [3.05, 3.63) is 59.0 Å². The average molecular weight is 243 g/mol. The van der Waals surface area contributed by atoms with E-state index in [-0.39, 0.29) is 5.91 Å². The summed E-state index contributed by atoms with van der Waals surface area (Å²) in [5.41, 5.74) is 1.85. The van der Waals surface area contributed by atoms with E-state index < -0.39 is 0 Å². The Hall–Kier alpha value is -2.03. The third kappa shape index (κ3) is 3.00. The Morgan fingerprint density at radius 3 is 2.56 bits per heavy atom. The molecule has 0 spiro atoms. The van der Waals surface area contributed by atoms with Gasteiger partial charge in [-0.25, -0.2) is 0 Å². The SMILES string of the molecule is Cc1cc(C(=O)NCCc2ccccc2)c(C)o1.